The Labute approximate surface area is 132 Å². The third kappa shape index (κ3) is 5.62. The van der Waals surface area contributed by atoms with Crippen LogP contribution in [0.4, 0.5) is 5.69 Å². The maximum absolute atomic E-state index is 11.5. The summed E-state index contributed by atoms with van der Waals surface area (Å²) in [6.45, 7) is 7.45. The third-order valence-corrected chi connectivity index (χ3v) is 4.45. The number of nitrogens with one attached hydrogen (secondary N) is 1. The number of hydrogen-bond donors (Lipinski definition) is 2. The number of benzene rings is 1. The molecule has 0 aliphatic rings. The van der Waals surface area contributed by atoms with Gasteiger partial charge in [0.05, 0.1) is 5.56 Å². The molecule has 0 atom stereocenters. The minimum absolute atomic E-state index is 0.167. The molecule has 1 aromatic rings. The van der Waals surface area contributed by atoms with Crippen molar-refractivity contribution in [3.8, 4) is 0 Å². The Kier molecular flexibility index (Phi) is 7.09. The van der Waals surface area contributed by atoms with Crippen molar-refractivity contribution in [2.24, 2.45) is 5.41 Å². The van der Waals surface area contributed by atoms with Crippen molar-refractivity contribution in [2.75, 3.05) is 18.1 Å². The minimum Gasteiger partial charge on any atom is -0.478 e. The summed E-state index contributed by atoms with van der Waals surface area (Å²) in [5, 5.41) is 12.8. The van der Waals surface area contributed by atoms with Crippen LogP contribution in [0.15, 0.2) is 23.1 Å². The van der Waals surface area contributed by atoms with Crippen LogP contribution in [-0.2, 0) is 0 Å². The van der Waals surface area contributed by atoms with Crippen molar-refractivity contribution in [1.29, 1.82) is 0 Å². The lowest BCUT2D eigenvalue weighted by molar-refractivity contribution is 0.0694. The van der Waals surface area contributed by atoms with Crippen LogP contribution in [0.25, 0.3) is 0 Å². The summed E-state index contributed by atoms with van der Waals surface area (Å²) < 4.78 is 0. The van der Waals surface area contributed by atoms with E-state index in [4.69, 9.17) is 0 Å². The smallest absolute Gasteiger partial charge is 0.338 e. The molecule has 0 saturated carbocycles. The quantitative estimate of drug-likeness (QED) is 0.490. The van der Waals surface area contributed by atoms with Gasteiger partial charge in [-0.05, 0) is 30.2 Å². The minimum atomic E-state index is -0.869. The first-order valence-corrected chi connectivity index (χ1v) is 8.78. The summed E-state index contributed by atoms with van der Waals surface area (Å²) in [6, 6.07) is 5.61. The van der Waals surface area contributed by atoms with Crippen molar-refractivity contribution in [3.05, 3.63) is 23.8 Å². The molecule has 118 valence electrons. The van der Waals surface area contributed by atoms with E-state index in [0.29, 0.717) is 5.56 Å². The van der Waals surface area contributed by atoms with Crippen LogP contribution in [0.5, 0.6) is 0 Å². The number of unbranched alkanes of at least 4 members (excludes halogenated alkanes) is 2. The Hall–Kier alpha value is -1.16. The van der Waals surface area contributed by atoms with Gasteiger partial charge in [0, 0.05) is 17.1 Å². The normalized spacial score (nSPS) is 11.4. The molecule has 0 saturated heterocycles. The number of aromatic carboxylic acids is 1. The van der Waals surface area contributed by atoms with E-state index in [9.17, 15) is 9.90 Å². The van der Waals surface area contributed by atoms with E-state index in [1.807, 2.05) is 24.5 Å². The van der Waals surface area contributed by atoms with Gasteiger partial charge in [0.25, 0.3) is 0 Å². The van der Waals surface area contributed by atoms with Crippen molar-refractivity contribution < 1.29 is 9.90 Å². The molecule has 0 unspecified atom stereocenters. The first-order valence-electron chi connectivity index (χ1n) is 7.55. The highest BCUT2D eigenvalue weighted by atomic mass is 32.2. The van der Waals surface area contributed by atoms with Crippen LogP contribution in [0.1, 0.15) is 56.8 Å². The topological polar surface area (TPSA) is 49.3 Å². The van der Waals surface area contributed by atoms with Gasteiger partial charge in [0.1, 0.15) is 0 Å². The molecule has 3 nitrogen and oxygen atoms in total. The summed E-state index contributed by atoms with van der Waals surface area (Å²) in [5.41, 5.74) is 1.27. The van der Waals surface area contributed by atoms with E-state index in [-0.39, 0.29) is 5.41 Å². The van der Waals surface area contributed by atoms with Gasteiger partial charge >= 0.3 is 5.97 Å². The molecule has 0 heterocycles. The molecule has 0 bridgehead atoms. The lowest BCUT2D eigenvalue weighted by atomic mass is 9.86. The van der Waals surface area contributed by atoms with Crippen LogP contribution in [0.2, 0.25) is 0 Å². The molecular weight excluding hydrogens is 282 g/mol. The fourth-order valence-electron chi connectivity index (χ4n) is 2.35. The Bertz CT molecular complexity index is 472. The van der Waals surface area contributed by atoms with Gasteiger partial charge < -0.3 is 10.4 Å². The molecule has 0 radical (unpaired) electrons. The standard InChI is InChI=1S/C17H27NO2S/c1-5-6-7-11-17(2,3)12-18-13-9-8-10-14(21-4)15(13)16(19)20/h8-10,18H,5-7,11-12H2,1-4H3,(H,19,20). The molecule has 0 spiro atoms. The average molecular weight is 309 g/mol. The Morgan fingerprint density at radius 2 is 2.05 bits per heavy atom. The highest BCUT2D eigenvalue weighted by Gasteiger charge is 2.20. The Morgan fingerprint density at radius 1 is 1.33 bits per heavy atom. The van der Waals surface area contributed by atoms with Gasteiger partial charge in [-0.25, -0.2) is 4.79 Å². The number of anilines is 1. The fraction of sp³-hybridized carbons (Fsp3) is 0.588. The van der Waals surface area contributed by atoms with Gasteiger partial charge in [-0.3, -0.25) is 0 Å². The van der Waals surface area contributed by atoms with Crippen LogP contribution >= 0.6 is 11.8 Å². The second-order valence-corrected chi connectivity index (χ2v) is 7.01. The Morgan fingerprint density at radius 3 is 2.62 bits per heavy atom. The zero-order valence-electron chi connectivity index (χ0n) is 13.5. The lowest BCUT2D eigenvalue weighted by Crippen LogP contribution is -2.24. The zero-order chi connectivity index (χ0) is 15.9. The molecule has 1 rings (SSSR count). The zero-order valence-corrected chi connectivity index (χ0v) is 14.3. The highest BCUT2D eigenvalue weighted by molar-refractivity contribution is 7.98. The molecule has 0 aliphatic carbocycles. The van der Waals surface area contributed by atoms with E-state index in [0.717, 1.165) is 23.5 Å². The second-order valence-electron chi connectivity index (χ2n) is 6.16. The molecule has 21 heavy (non-hydrogen) atoms. The molecule has 0 amide bonds. The molecule has 4 heteroatoms. The van der Waals surface area contributed by atoms with Gasteiger partial charge in [-0.1, -0.05) is 46.1 Å². The Balaban J connectivity index is 2.77. The molecular formula is C17H27NO2S. The van der Waals surface area contributed by atoms with Gasteiger partial charge in [-0.15, -0.1) is 11.8 Å². The molecule has 0 aliphatic heterocycles. The summed E-state index contributed by atoms with van der Waals surface area (Å²) in [6.07, 6.45) is 6.76. The lowest BCUT2D eigenvalue weighted by Gasteiger charge is -2.26. The van der Waals surface area contributed by atoms with E-state index in [2.05, 4.69) is 26.1 Å². The maximum atomic E-state index is 11.5. The van der Waals surface area contributed by atoms with Crippen molar-refractivity contribution in [3.63, 3.8) is 0 Å². The van der Waals surface area contributed by atoms with Crippen LogP contribution in [0, 0.1) is 5.41 Å². The van der Waals surface area contributed by atoms with E-state index in [1.54, 1.807) is 0 Å². The number of hydrogen-bond acceptors (Lipinski definition) is 3. The second kappa shape index (κ2) is 8.32. The summed E-state index contributed by atoms with van der Waals surface area (Å²) in [4.78, 5) is 12.3. The first kappa shape index (κ1) is 17.9. The number of carboxylic acids is 1. The number of thioether (sulfide) groups is 1. The van der Waals surface area contributed by atoms with Crippen LogP contribution in [0.3, 0.4) is 0 Å². The van der Waals surface area contributed by atoms with E-state index >= 15 is 0 Å². The third-order valence-electron chi connectivity index (χ3n) is 3.67. The van der Waals surface area contributed by atoms with Crippen LogP contribution in [-0.4, -0.2) is 23.9 Å². The van der Waals surface area contributed by atoms with E-state index < -0.39 is 5.97 Å². The van der Waals surface area contributed by atoms with Gasteiger partial charge in [0.15, 0.2) is 0 Å². The number of rotatable bonds is 9. The average Bonchev–Trinajstić information content (AvgIpc) is 2.44. The monoisotopic (exact) mass is 309 g/mol. The van der Waals surface area contributed by atoms with Gasteiger partial charge in [0.2, 0.25) is 0 Å². The number of carboxylic acid groups (broad SMARTS) is 1. The number of carbonyl (C=O) groups is 1. The van der Waals surface area contributed by atoms with Crippen molar-refractivity contribution in [1.82, 2.24) is 0 Å². The summed E-state index contributed by atoms with van der Waals surface area (Å²) in [7, 11) is 0. The first-order chi connectivity index (χ1) is 9.91. The summed E-state index contributed by atoms with van der Waals surface area (Å²) in [5.74, 6) is -0.869. The van der Waals surface area contributed by atoms with Crippen molar-refractivity contribution >= 4 is 23.4 Å². The SMILES string of the molecule is CCCCCC(C)(C)CNc1cccc(SC)c1C(=O)O. The van der Waals surface area contributed by atoms with E-state index in [1.165, 1.54) is 31.0 Å². The van der Waals surface area contributed by atoms with Crippen LogP contribution < -0.4 is 5.32 Å². The maximum Gasteiger partial charge on any atom is 0.338 e. The predicted octanol–water partition coefficient (Wildman–Crippen LogP) is 5.13. The predicted molar refractivity (Wildman–Crippen MR) is 91.6 cm³/mol. The van der Waals surface area contributed by atoms with Crippen molar-refractivity contribution in [2.45, 2.75) is 51.3 Å². The molecule has 1 aromatic carbocycles. The molecule has 0 aromatic heterocycles. The fourth-order valence-corrected chi connectivity index (χ4v) is 2.96. The molecule has 0 fully saturated rings. The van der Waals surface area contributed by atoms with Gasteiger partial charge in [-0.2, -0.15) is 0 Å². The summed E-state index contributed by atoms with van der Waals surface area (Å²) >= 11 is 1.47. The molecule has 2 N–H and O–H groups in total. The highest BCUT2D eigenvalue weighted by Crippen LogP contribution is 2.29. The largest absolute Gasteiger partial charge is 0.478 e.